The Bertz CT molecular complexity index is 800. The largest absolute Gasteiger partial charge is 0.490 e. The fourth-order valence-electron chi connectivity index (χ4n) is 3.30. The molecule has 1 unspecified atom stereocenters. The number of amides is 1. The molecule has 1 aliphatic rings. The van der Waals surface area contributed by atoms with Crippen molar-refractivity contribution in [3.05, 3.63) is 58.6 Å². The van der Waals surface area contributed by atoms with Gasteiger partial charge in [-0.15, -0.1) is 0 Å². The van der Waals surface area contributed by atoms with Gasteiger partial charge in [-0.05, 0) is 69.0 Å². The lowest BCUT2D eigenvalue weighted by molar-refractivity contribution is -0.124. The molecule has 1 atom stereocenters. The topological polar surface area (TPSA) is 47.6 Å². The molecule has 2 aromatic rings. The highest BCUT2D eigenvalue weighted by molar-refractivity contribution is 6.30. The summed E-state index contributed by atoms with van der Waals surface area (Å²) >= 11 is 5.98. The number of rotatable bonds is 8. The van der Waals surface area contributed by atoms with E-state index in [0.29, 0.717) is 24.0 Å². The van der Waals surface area contributed by atoms with Gasteiger partial charge >= 0.3 is 0 Å². The molecule has 4 nitrogen and oxygen atoms in total. The smallest absolute Gasteiger partial charge is 0.231 e. The van der Waals surface area contributed by atoms with Crippen LogP contribution in [0.3, 0.4) is 0 Å². The van der Waals surface area contributed by atoms with E-state index in [1.807, 2.05) is 63.2 Å². The summed E-state index contributed by atoms with van der Waals surface area (Å²) in [6.45, 7) is 7.01. The molecule has 3 rings (SSSR count). The van der Waals surface area contributed by atoms with Gasteiger partial charge in [0.25, 0.3) is 0 Å². The van der Waals surface area contributed by atoms with Gasteiger partial charge in [-0.2, -0.15) is 0 Å². The van der Waals surface area contributed by atoms with Crippen molar-refractivity contribution in [3.63, 3.8) is 0 Å². The van der Waals surface area contributed by atoms with Crippen LogP contribution < -0.4 is 14.8 Å². The van der Waals surface area contributed by atoms with Crippen molar-refractivity contribution in [2.24, 2.45) is 0 Å². The Kier molecular flexibility index (Phi) is 5.95. The highest BCUT2D eigenvalue weighted by atomic mass is 35.5. The number of carbonyl (C=O) groups excluding carboxylic acids is 1. The predicted molar refractivity (Wildman–Crippen MR) is 108 cm³/mol. The van der Waals surface area contributed by atoms with Gasteiger partial charge in [-0.25, -0.2) is 0 Å². The normalized spacial score (nSPS) is 15.7. The van der Waals surface area contributed by atoms with Crippen molar-refractivity contribution in [1.29, 1.82) is 0 Å². The molecule has 1 aliphatic carbocycles. The summed E-state index contributed by atoms with van der Waals surface area (Å²) in [5, 5.41) is 3.85. The van der Waals surface area contributed by atoms with E-state index >= 15 is 0 Å². The van der Waals surface area contributed by atoms with Crippen LogP contribution in [-0.2, 0) is 10.2 Å². The molecule has 0 radical (unpaired) electrons. The van der Waals surface area contributed by atoms with Crippen molar-refractivity contribution in [2.75, 3.05) is 13.2 Å². The average Bonchev–Trinajstić information content (AvgIpc) is 3.46. The minimum atomic E-state index is -0.424. The number of halogens is 1. The number of nitrogens with one attached hydrogen (secondary N) is 1. The van der Waals surface area contributed by atoms with E-state index in [-0.39, 0.29) is 11.9 Å². The van der Waals surface area contributed by atoms with Gasteiger partial charge in [0.1, 0.15) is 0 Å². The molecule has 0 bridgehead atoms. The summed E-state index contributed by atoms with van der Waals surface area (Å²) in [5.41, 5.74) is 1.59. The van der Waals surface area contributed by atoms with Crippen LogP contribution in [0.1, 0.15) is 50.8 Å². The van der Waals surface area contributed by atoms with E-state index in [1.54, 1.807) is 0 Å². The van der Waals surface area contributed by atoms with Crippen LogP contribution in [0.2, 0.25) is 5.02 Å². The van der Waals surface area contributed by atoms with Gasteiger partial charge in [0.15, 0.2) is 11.5 Å². The van der Waals surface area contributed by atoms with E-state index in [0.717, 1.165) is 29.7 Å². The third kappa shape index (κ3) is 4.22. The molecule has 1 fully saturated rings. The van der Waals surface area contributed by atoms with Gasteiger partial charge in [-0.3, -0.25) is 4.79 Å². The first-order valence-electron chi connectivity index (χ1n) is 9.46. The monoisotopic (exact) mass is 387 g/mol. The highest BCUT2D eigenvalue weighted by Gasteiger charge is 2.51. The maximum Gasteiger partial charge on any atom is 0.231 e. The number of hydrogen-bond acceptors (Lipinski definition) is 3. The van der Waals surface area contributed by atoms with Crippen LogP contribution >= 0.6 is 11.6 Å². The first-order chi connectivity index (χ1) is 13.0. The lowest BCUT2D eigenvalue weighted by Crippen LogP contribution is -2.36. The zero-order chi connectivity index (χ0) is 19.4. The second-order valence-electron chi connectivity index (χ2n) is 6.86. The SMILES string of the molecule is CCOc1ccc(C(C)NC(=O)C2(c3ccc(Cl)cc3)CC2)cc1OCC. The van der Waals surface area contributed by atoms with Crippen LogP contribution in [0, 0.1) is 0 Å². The molecular weight excluding hydrogens is 362 g/mol. The number of ether oxygens (including phenoxy) is 2. The number of hydrogen-bond donors (Lipinski definition) is 1. The van der Waals surface area contributed by atoms with Crippen LogP contribution in [0.5, 0.6) is 11.5 Å². The van der Waals surface area contributed by atoms with Gasteiger partial charge < -0.3 is 14.8 Å². The molecule has 1 N–H and O–H groups in total. The summed E-state index contributed by atoms with van der Waals surface area (Å²) < 4.78 is 11.3. The van der Waals surface area contributed by atoms with E-state index in [9.17, 15) is 4.79 Å². The predicted octanol–water partition coefficient (Wildman–Crippen LogP) is 5.05. The average molecular weight is 388 g/mol. The quantitative estimate of drug-likeness (QED) is 0.689. The highest BCUT2D eigenvalue weighted by Crippen LogP contribution is 2.49. The summed E-state index contributed by atoms with van der Waals surface area (Å²) in [6.07, 6.45) is 1.72. The minimum Gasteiger partial charge on any atom is -0.490 e. The van der Waals surface area contributed by atoms with Gasteiger partial charge in [-0.1, -0.05) is 29.8 Å². The maximum absolute atomic E-state index is 13.0. The summed E-state index contributed by atoms with van der Waals surface area (Å²) in [5.74, 6) is 1.49. The molecule has 144 valence electrons. The maximum atomic E-state index is 13.0. The molecular formula is C22H26ClNO3. The van der Waals surface area contributed by atoms with Crippen molar-refractivity contribution in [2.45, 2.75) is 45.1 Å². The first kappa shape index (κ1) is 19.6. The Morgan fingerprint density at radius 2 is 1.70 bits per heavy atom. The van der Waals surface area contributed by atoms with Crippen LogP contribution in [0.15, 0.2) is 42.5 Å². The van der Waals surface area contributed by atoms with E-state index in [4.69, 9.17) is 21.1 Å². The van der Waals surface area contributed by atoms with Gasteiger partial charge in [0, 0.05) is 5.02 Å². The standard InChI is InChI=1S/C22H26ClNO3/c1-4-26-19-11-6-16(14-20(19)27-5-2)15(3)24-21(25)22(12-13-22)17-7-9-18(23)10-8-17/h6-11,14-15H,4-5,12-13H2,1-3H3,(H,24,25). The molecule has 1 saturated carbocycles. The molecule has 0 saturated heterocycles. The molecule has 0 heterocycles. The Balaban J connectivity index is 1.74. The minimum absolute atomic E-state index is 0.0594. The number of benzene rings is 2. The molecule has 0 aromatic heterocycles. The lowest BCUT2D eigenvalue weighted by atomic mass is 9.94. The Hall–Kier alpha value is -2.20. The Morgan fingerprint density at radius 1 is 1.07 bits per heavy atom. The van der Waals surface area contributed by atoms with Crippen LogP contribution in [0.25, 0.3) is 0 Å². The van der Waals surface area contributed by atoms with E-state index in [1.165, 1.54) is 0 Å². The Labute approximate surface area is 165 Å². The molecule has 1 amide bonds. The van der Waals surface area contributed by atoms with Crippen LogP contribution in [-0.4, -0.2) is 19.1 Å². The molecule has 0 spiro atoms. The summed E-state index contributed by atoms with van der Waals surface area (Å²) in [4.78, 5) is 13.0. The van der Waals surface area contributed by atoms with E-state index in [2.05, 4.69) is 5.32 Å². The third-order valence-electron chi connectivity index (χ3n) is 5.00. The zero-order valence-corrected chi connectivity index (χ0v) is 16.8. The third-order valence-corrected chi connectivity index (χ3v) is 5.25. The second kappa shape index (κ2) is 8.22. The van der Waals surface area contributed by atoms with Gasteiger partial charge in [0.2, 0.25) is 5.91 Å². The van der Waals surface area contributed by atoms with Crippen molar-refractivity contribution in [1.82, 2.24) is 5.32 Å². The van der Waals surface area contributed by atoms with Crippen molar-refractivity contribution >= 4 is 17.5 Å². The molecule has 0 aliphatic heterocycles. The molecule has 5 heteroatoms. The first-order valence-corrected chi connectivity index (χ1v) is 9.84. The molecule has 27 heavy (non-hydrogen) atoms. The van der Waals surface area contributed by atoms with E-state index < -0.39 is 5.41 Å². The summed E-state index contributed by atoms with van der Waals surface area (Å²) in [6, 6.07) is 13.3. The second-order valence-corrected chi connectivity index (χ2v) is 7.29. The fourth-order valence-corrected chi connectivity index (χ4v) is 3.42. The van der Waals surface area contributed by atoms with Crippen molar-refractivity contribution in [3.8, 4) is 11.5 Å². The lowest BCUT2D eigenvalue weighted by Gasteiger charge is -2.21. The fraction of sp³-hybridized carbons (Fsp3) is 0.409. The van der Waals surface area contributed by atoms with Gasteiger partial charge in [0.05, 0.1) is 24.7 Å². The van der Waals surface area contributed by atoms with Crippen LogP contribution in [0.4, 0.5) is 0 Å². The zero-order valence-electron chi connectivity index (χ0n) is 16.0. The van der Waals surface area contributed by atoms with Crippen molar-refractivity contribution < 1.29 is 14.3 Å². The number of carbonyl (C=O) groups is 1. The Morgan fingerprint density at radius 3 is 2.30 bits per heavy atom. The summed E-state index contributed by atoms with van der Waals surface area (Å²) in [7, 11) is 0. The molecule has 2 aromatic carbocycles.